The number of carbonyl (C=O) groups is 1. The molecule has 6 nitrogen and oxygen atoms in total. The van der Waals surface area contributed by atoms with E-state index in [1.165, 1.54) is 25.5 Å². The van der Waals surface area contributed by atoms with Crippen LogP contribution in [-0.2, 0) is 0 Å². The molecule has 112 valence electrons. The summed E-state index contributed by atoms with van der Waals surface area (Å²) in [4.78, 5) is 19.2. The first-order valence-corrected chi connectivity index (χ1v) is 7.49. The Balaban J connectivity index is 1.67. The quantitative estimate of drug-likeness (QED) is 0.833. The predicted octanol–water partition coefficient (Wildman–Crippen LogP) is 0.558. The van der Waals surface area contributed by atoms with Gasteiger partial charge in [-0.05, 0) is 32.0 Å². The third-order valence-corrected chi connectivity index (χ3v) is 4.45. The van der Waals surface area contributed by atoms with Crippen LogP contribution >= 0.6 is 0 Å². The van der Waals surface area contributed by atoms with Crippen molar-refractivity contribution in [3.63, 3.8) is 0 Å². The lowest BCUT2D eigenvalue weighted by atomic mass is 10.1. The van der Waals surface area contributed by atoms with Gasteiger partial charge in [0.1, 0.15) is 11.8 Å². The van der Waals surface area contributed by atoms with Gasteiger partial charge >= 0.3 is 0 Å². The Labute approximate surface area is 124 Å². The molecule has 2 N–H and O–H groups in total. The highest BCUT2D eigenvalue weighted by Gasteiger charge is 2.38. The van der Waals surface area contributed by atoms with Crippen LogP contribution in [0.4, 0.5) is 0 Å². The van der Waals surface area contributed by atoms with Gasteiger partial charge in [0.05, 0.1) is 17.7 Å². The number of H-pyrrole nitrogens is 1. The van der Waals surface area contributed by atoms with E-state index in [9.17, 15) is 9.90 Å². The Hall–Kier alpha value is -1.84. The highest BCUT2D eigenvalue weighted by molar-refractivity contribution is 5.93. The molecule has 2 fully saturated rings. The molecule has 0 aliphatic carbocycles. The number of β-amino-alcohol motifs (C(OH)–C–C–N with tert-alkyl or cyclic N) is 1. The van der Waals surface area contributed by atoms with Crippen LogP contribution in [0.25, 0.3) is 0 Å². The monoisotopic (exact) mass is 288 g/mol. The van der Waals surface area contributed by atoms with Gasteiger partial charge < -0.3 is 15.0 Å². The third-order valence-electron chi connectivity index (χ3n) is 4.45. The summed E-state index contributed by atoms with van der Waals surface area (Å²) in [6.45, 7) is 2.93. The van der Waals surface area contributed by atoms with E-state index in [1.807, 2.05) is 6.07 Å². The fraction of sp³-hybridized carbons (Fsp3) is 0.600. The third kappa shape index (κ3) is 2.80. The van der Waals surface area contributed by atoms with Crippen LogP contribution in [0.1, 0.15) is 35.3 Å². The molecule has 21 heavy (non-hydrogen) atoms. The summed E-state index contributed by atoms with van der Waals surface area (Å²) in [7, 11) is 0. The van der Waals surface area contributed by atoms with E-state index >= 15 is 0 Å². The SMILES string of the molecule is N#Cc1c[nH]c(C(=O)N2C[C@H](O)[C@@H](N3CCCCC3)C2)c1. The molecule has 0 bridgehead atoms. The van der Waals surface area contributed by atoms with Gasteiger partial charge in [0, 0.05) is 19.3 Å². The second kappa shape index (κ2) is 5.88. The molecular weight excluding hydrogens is 268 g/mol. The van der Waals surface area contributed by atoms with E-state index < -0.39 is 6.10 Å². The molecule has 3 heterocycles. The Kier molecular flexibility index (Phi) is 3.95. The zero-order valence-electron chi connectivity index (χ0n) is 12.0. The van der Waals surface area contributed by atoms with Gasteiger partial charge in [0.15, 0.2) is 0 Å². The van der Waals surface area contributed by atoms with Gasteiger partial charge in [-0.1, -0.05) is 6.42 Å². The summed E-state index contributed by atoms with van der Waals surface area (Å²) in [5.41, 5.74) is 0.865. The molecule has 3 rings (SSSR count). The number of hydrogen-bond acceptors (Lipinski definition) is 4. The largest absolute Gasteiger partial charge is 0.390 e. The van der Waals surface area contributed by atoms with Crippen LogP contribution in [0.2, 0.25) is 0 Å². The number of piperidine rings is 1. The maximum atomic E-state index is 12.4. The molecule has 1 aromatic rings. The highest BCUT2D eigenvalue weighted by Crippen LogP contribution is 2.22. The first-order valence-electron chi connectivity index (χ1n) is 7.49. The number of nitriles is 1. The molecule has 0 radical (unpaired) electrons. The zero-order chi connectivity index (χ0) is 14.8. The van der Waals surface area contributed by atoms with Crippen LogP contribution in [0, 0.1) is 11.3 Å². The fourth-order valence-electron chi connectivity index (χ4n) is 3.30. The summed E-state index contributed by atoms with van der Waals surface area (Å²) < 4.78 is 0. The topological polar surface area (TPSA) is 83.4 Å². The minimum atomic E-state index is -0.488. The summed E-state index contributed by atoms with van der Waals surface area (Å²) in [6, 6.07) is 3.60. The van der Waals surface area contributed by atoms with Crippen LogP contribution in [0.15, 0.2) is 12.3 Å². The first-order chi connectivity index (χ1) is 10.2. The molecule has 2 aliphatic heterocycles. The van der Waals surface area contributed by atoms with Crippen molar-refractivity contribution >= 4 is 5.91 Å². The van der Waals surface area contributed by atoms with Crippen molar-refractivity contribution in [3.05, 3.63) is 23.5 Å². The number of nitrogens with zero attached hydrogens (tertiary/aromatic N) is 3. The number of aliphatic hydroxyl groups excluding tert-OH is 1. The average molecular weight is 288 g/mol. The lowest BCUT2D eigenvalue weighted by Crippen LogP contribution is -2.46. The second-order valence-corrected chi connectivity index (χ2v) is 5.86. The summed E-state index contributed by atoms with van der Waals surface area (Å²) in [5.74, 6) is -0.143. The number of aliphatic hydroxyl groups is 1. The van der Waals surface area contributed by atoms with Crippen LogP contribution in [-0.4, -0.2) is 64.1 Å². The molecule has 2 aliphatic rings. The van der Waals surface area contributed by atoms with Crippen molar-refractivity contribution in [2.75, 3.05) is 26.2 Å². The van der Waals surface area contributed by atoms with E-state index in [1.54, 1.807) is 11.0 Å². The van der Waals surface area contributed by atoms with Crippen LogP contribution < -0.4 is 0 Å². The van der Waals surface area contributed by atoms with E-state index in [2.05, 4.69) is 9.88 Å². The Bertz CT molecular complexity index is 556. The molecule has 2 atom stereocenters. The molecule has 2 saturated heterocycles. The van der Waals surface area contributed by atoms with Crippen molar-refractivity contribution in [2.24, 2.45) is 0 Å². The second-order valence-electron chi connectivity index (χ2n) is 5.86. The Morgan fingerprint density at radius 1 is 1.33 bits per heavy atom. The lowest BCUT2D eigenvalue weighted by Gasteiger charge is -2.33. The predicted molar refractivity (Wildman–Crippen MR) is 76.6 cm³/mol. The van der Waals surface area contributed by atoms with E-state index in [0.717, 1.165) is 13.1 Å². The van der Waals surface area contributed by atoms with Gasteiger partial charge in [0.25, 0.3) is 5.91 Å². The lowest BCUT2D eigenvalue weighted by molar-refractivity contribution is 0.0702. The number of aromatic nitrogens is 1. The average Bonchev–Trinajstić information content (AvgIpc) is 3.14. The number of rotatable bonds is 2. The molecule has 0 unspecified atom stereocenters. The minimum absolute atomic E-state index is 0.0413. The van der Waals surface area contributed by atoms with Gasteiger partial charge in [-0.3, -0.25) is 9.69 Å². The maximum absolute atomic E-state index is 12.4. The summed E-state index contributed by atoms with van der Waals surface area (Å²) in [6.07, 6.45) is 4.62. The van der Waals surface area contributed by atoms with E-state index in [0.29, 0.717) is 24.3 Å². The highest BCUT2D eigenvalue weighted by atomic mass is 16.3. The number of aromatic amines is 1. The van der Waals surface area contributed by atoms with Crippen molar-refractivity contribution in [2.45, 2.75) is 31.4 Å². The summed E-state index contributed by atoms with van der Waals surface area (Å²) >= 11 is 0. The van der Waals surface area contributed by atoms with E-state index in [4.69, 9.17) is 5.26 Å². The van der Waals surface area contributed by atoms with E-state index in [-0.39, 0.29) is 11.9 Å². The molecular formula is C15H20N4O2. The fourth-order valence-corrected chi connectivity index (χ4v) is 3.30. The smallest absolute Gasteiger partial charge is 0.270 e. The number of nitrogens with one attached hydrogen (secondary N) is 1. The van der Waals surface area contributed by atoms with Gasteiger partial charge in [0.2, 0.25) is 0 Å². The Morgan fingerprint density at radius 2 is 2.10 bits per heavy atom. The normalized spacial score (nSPS) is 26.8. The zero-order valence-corrected chi connectivity index (χ0v) is 12.0. The van der Waals surface area contributed by atoms with Crippen molar-refractivity contribution in [1.82, 2.24) is 14.8 Å². The molecule has 1 amide bonds. The molecule has 0 aromatic carbocycles. The van der Waals surface area contributed by atoms with Crippen LogP contribution in [0.5, 0.6) is 0 Å². The molecule has 6 heteroatoms. The number of likely N-dealkylation sites (tertiary alicyclic amines) is 2. The summed E-state index contributed by atoms with van der Waals surface area (Å²) in [5, 5.41) is 19.1. The molecule has 0 spiro atoms. The van der Waals surface area contributed by atoms with Gasteiger partial charge in [-0.2, -0.15) is 5.26 Å². The number of hydrogen-bond donors (Lipinski definition) is 2. The molecule has 1 aromatic heterocycles. The minimum Gasteiger partial charge on any atom is -0.390 e. The number of carbonyl (C=O) groups excluding carboxylic acids is 1. The number of amides is 1. The van der Waals surface area contributed by atoms with Crippen LogP contribution in [0.3, 0.4) is 0 Å². The van der Waals surface area contributed by atoms with Crippen molar-refractivity contribution in [3.8, 4) is 6.07 Å². The Morgan fingerprint density at radius 3 is 2.76 bits per heavy atom. The van der Waals surface area contributed by atoms with Crippen molar-refractivity contribution in [1.29, 1.82) is 5.26 Å². The first kappa shape index (κ1) is 14.1. The standard InChI is InChI=1S/C15H20N4O2/c16-7-11-6-12(17-8-11)15(21)19-9-13(14(20)10-19)18-4-2-1-3-5-18/h6,8,13-14,17,20H,1-5,9-10H2/t13-,14-/m0/s1. The van der Waals surface area contributed by atoms with Gasteiger partial charge in [-0.25, -0.2) is 0 Å². The van der Waals surface area contributed by atoms with Gasteiger partial charge in [-0.15, -0.1) is 0 Å². The maximum Gasteiger partial charge on any atom is 0.270 e. The van der Waals surface area contributed by atoms with Crippen molar-refractivity contribution < 1.29 is 9.90 Å². The molecule has 0 saturated carbocycles.